The molecule has 0 saturated heterocycles. The predicted octanol–water partition coefficient (Wildman–Crippen LogP) is 2.70. The van der Waals surface area contributed by atoms with E-state index in [1.54, 1.807) is 31.2 Å². The number of aromatic nitrogens is 2. The van der Waals surface area contributed by atoms with Crippen molar-refractivity contribution in [1.29, 1.82) is 0 Å². The molecule has 1 heterocycles. The van der Waals surface area contributed by atoms with E-state index in [-0.39, 0.29) is 5.56 Å². The van der Waals surface area contributed by atoms with Crippen molar-refractivity contribution in [2.75, 3.05) is 18.4 Å². The molecule has 1 atom stereocenters. The number of carboxylic acids is 1. The number of anilines is 1. The van der Waals surface area contributed by atoms with Crippen LogP contribution in [0.5, 0.6) is 0 Å². The molecule has 5 N–H and O–H groups in total. The number of halogens is 3. The van der Waals surface area contributed by atoms with Gasteiger partial charge in [-0.05, 0) is 42.8 Å². The van der Waals surface area contributed by atoms with Crippen LogP contribution >= 0.6 is 0 Å². The van der Waals surface area contributed by atoms with Gasteiger partial charge in [0.15, 0.2) is 5.60 Å². The fourth-order valence-electron chi connectivity index (χ4n) is 2.92. The van der Waals surface area contributed by atoms with Crippen LogP contribution in [0.4, 0.5) is 18.9 Å². The molecule has 0 fully saturated rings. The molecule has 0 aliphatic rings. The molecule has 10 heteroatoms. The number of aromatic carboxylic acids is 1. The van der Waals surface area contributed by atoms with Gasteiger partial charge in [-0.25, -0.2) is 9.48 Å². The summed E-state index contributed by atoms with van der Waals surface area (Å²) in [6.07, 6.45) is -3.43. The smallest absolute Gasteiger partial charge is 0.420 e. The first-order valence-electron chi connectivity index (χ1n) is 8.61. The van der Waals surface area contributed by atoms with Crippen molar-refractivity contribution in [3.63, 3.8) is 0 Å². The third-order valence-corrected chi connectivity index (χ3v) is 4.61. The average Bonchev–Trinajstić information content (AvgIpc) is 3.08. The van der Waals surface area contributed by atoms with Crippen LogP contribution in [0.3, 0.4) is 0 Å². The molecule has 0 spiro atoms. The van der Waals surface area contributed by atoms with Crippen LogP contribution in [0, 0.1) is 6.92 Å². The second-order valence-corrected chi connectivity index (χ2v) is 6.74. The van der Waals surface area contributed by atoms with E-state index in [2.05, 4.69) is 10.4 Å². The lowest BCUT2D eigenvalue weighted by atomic mass is 10.0. The first kappa shape index (κ1) is 20.6. The summed E-state index contributed by atoms with van der Waals surface area (Å²) in [4.78, 5) is 11.2. The number of carboxylic acid groups (broad SMARTS) is 1. The Morgan fingerprint density at radius 2 is 2.00 bits per heavy atom. The largest absolute Gasteiger partial charge is 0.478 e. The molecule has 2 aromatic carbocycles. The van der Waals surface area contributed by atoms with Gasteiger partial charge in [-0.2, -0.15) is 18.3 Å². The van der Waals surface area contributed by atoms with E-state index >= 15 is 0 Å². The van der Waals surface area contributed by atoms with Gasteiger partial charge >= 0.3 is 12.1 Å². The number of nitrogens with two attached hydrogens (primary N) is 1. The van der Waals surface area contributed by atoms with Crippen LogP contribution in [0.15, 0.2) is 42.6 Å². The fourth-order valence-corrected chi connectivity index (χ4v) is 2.92. The monoisotopic (exact) mass is 408 g/mol. The van der Waals surface area contributed by atoms with Crippen molar-refractivity contribution >= 4 is 22.6 Å². The molecular formula is C19H19F3N4O3. The van der Waals surface area contributed by atoms with Crippen molar-refractivity contribution in [2.24, 2.45) is 5.73 Å². The lowest BCUT2D eigenvalue weighted by Gasteiger charge is -2.29. The van der Waals surface area contributed by atoms with Gasteiger partial charge in [0, 0.05) is 17.6 Å². The summed E-state index contributed by atoms with van der Waals surface area (Å²) in [6, 6.07) is 9.55. The van der Waals surface area contributed by atoms with Gasteiger partial charge in [0.25, 0.3) is 0 Å². The van der Waals surface area contributed by atoms with E-state index in [0.717, 1.165) is 5.56 Å². The maximum Gasteiger partial charge on any atom is 0.420 e. The van der Waals surface area contributed by atoms with Crippen molar-refractivity contribution in [3.8, 4) is 5.69 Å². The molecule has 0 aliphatic heterocycles. The zero-order valence-corrected chi connectivity index (χ0v) is 15.4. The number of carbonyl (C=O) groups is 1. The van der Waals surface area contributed by atoms with Crippen LogP contribution < -0.4 is 11.1 Å². The molecule has 7 nitrogen and oxygen atoms in total. The normalized spacial score (nSPS) is 14.0. The number of benzene rings is 2. The Labute approximate surface area is 163 Å². The molecule has 154 valence electrons. The van der Waals surface area contributed by atoms with Gasteiger partial charge in [0.2, 0.25) is 0 Å². The second-order valence-electron chi connectivity index (χ2n) is 6.74. The van der Waals surface area contributed by atoms with Crippen molar-refractivity contribution in [2.45, 2.75) is 18.7 Å². The second kappa shape index (κ2) is 7.37. The first-order chi connectivity index (χ1) is 13.6. The number of nitrogens with one attached hydrogen (secondary N) is 1. The molecule has 0 saturated carbocycles. The number of aryl methyl sites for hydroxylation is 1. The standard InChI is InChI=1S/C19H19F3N4O3/c1-11-5-15(24-10-18(29,9-23)19(20,21)22)14-8-25-26(16(14)6-11)13-4-2-3-12(7-13)17(27)28/h2-8,24,29H,9-10,23H2,1H3,(H,27,28). The summed E-state index contributed by atoms with van der Waals surface area (Å²) in [5, 5.41) is 26.4. The van der Waals surface area contributed by atoms with E-state index in [4.69, 9.17) is 5.73 Å². The van der Waals surface area contributed by atoms with E-state index in [1.807, 2.05) is 0 Å². The number of rotatable bonds is 6. The Bertz CT molecular complexity index is 1060. The number of nitrogens with zero attached hydrogens (tertiary/aromatic N) is 2. The van der Waals surface area contributed by atoms with Crippen LogP contribution in [-0.4, -0.2) is 50.8 Å². The zero-order chi connectivity index (χ0) is 21.4. The van der Waals surface area contributed by atoms with Gasteiger partial charge in [0.05, 0.1) is 29.5 Å². The van der Waals surface area contributed by atoms with Crippen molar-refractivity contribution < 1.29 is 28.2 Å². The minimum atomic E-state index is -4.89. The van der Waals surface area contributed by atoms with Crippen LogP contribution in [0.2, 0.25) is 0 Å². The highest BCUT2D eigenvalue weighted by Gasteiger charge is 2.52. The molecule has 0 amide bonds. The van der Waals surface area contributed by atoms with Crippen molar-refractivity contribution in [1.82, 2.24) is 9.78 Å². The van der Waals surface area contributed by atoms with Gasteiger partial charge < -0.3 is 21.3 Å². The molecule has 1 unspecified atom stereocenters. The Morgan fingerprint density at radius 1 is 1.28 bits per heavy atom. The van der Waals surface area contributed by atoms with Crippen molar-refractivity contribution in [3.05, 3.63) is 53.7 Å². The highest BCUT2D eigenvalue weighted by molar-refractivity contribution is 5.93. The van der Waals surface area contributed by atoms with Crippen LogP contribution in [0.25, 0.3) is 16.6 Å². The quantitative estimate of drug-likeness (QED) is 0.499. The summed E-state index contributed by atoms with van der Waals surface area (Å²) in [5.74, 6) is -1.09. The number of alkyl halides is 3. The van der Waals surface area contributed by atoms with E-state index in [1.165, 1.54) is 23.0 Å². The maximum atomic E-state index is 13.1. The van der Waals surface area contributed by atoms with Gasteiger partial charge in [-0.1, -0.05) is 6.07 Å². The highest BCUT2D eigenvalue weighted by Crippen LogP contribution is 2.32. The first-order valence-corrected chi connectivity index (χ1v) is 8.61. The summed E-state index contributed by atoms with van der Waals surface area (Å²) in [7, 11) is 0. The third kappa shape index (κ3) is 3.89. The number of fused-ring (bicyclic) bond motifs is 1. The maximum absolute atomic E-state index is 13.1. The van der Waals surface area contributed by atoms with Crippen LogP contribution in [0.1, 0.15) is 15.9 Å². The Hall–Kier alpha value is -3.11. The number of aliphatic hydroxyl groups is 1. The fraction of sp³-hybridized carbons (Fsp3) is 0.263. The molecular weight excluding hydrogens is 389 g/mol. The topological polar surface area (TPSA) is 113 Å². The summed E-state index contributed by atoms with van der Waals surface area (Å²) in [6.45, 7) is -0.0561. The lowest BCUT2D eigenvalue weighted by molar-refractivity contribution is -0.249. The zero-order valence-electron chi connectivity index (χ0n) is 15.4. The minimum Gasteiger partial charge on any atom is -0.478 e. The van der Waals surface area contributed by atoms with Crippen LogP contribution in [-0.2, 0) is 0 Å². The van der Waals surface area contributed by atoms with E-state index in [9.17, 15) is 28.2 Å². The van der Waals surface area contributed by atoms with Gasteiger partial charge in [-0.3, -0.25) is 0 Å². The van der Waals surface area contributed by atoms with E-state index < -0.39 is 30.8 Å². The molecule has 0 radical (unpaired) electrons. The summed E-state index contributed by atoms with van der Waals surface area (Å²) < 4.78 is 40.8. The minimum absolute atomic E-state index is 0.0790. The lowest BCUT2D eigenvalue weighted by Crippen LogP contribution is -2.55. The molecule has 0 aliphatic carbocycles. The molecule has 29 heavy (non-hydrogen) atoms. The predicted molar refractivity (Wildman–Crippen MR) is 101 cm³/mol. The number of hydrogen-bond acceptors (Lipinski definition) is 5. The molecule has 0 bridgehead atoms. The number of hydrogen-bond donors (Lipinski definition) is 4. The van der Waals surface area contributed by atoms with Gasteiger partial charge in [0.1, 0.15) is 0 Å². The summed E-state index contributed by atoms with van der Waals surface area (Å²) >= 11 is 0. The van der Waals surface area contributed by atoms with E-state index in [0.29, 0.717) is 22.3 Å². The Kier molecular flexibility index (Phi) is 5.24. The Morgan fingerprint density at radius 3 is 2.62 bits per heavy atom. The SMILES string of the molecule is Cc1cc(NCC(O)(CN)C(F)(F)F)c2cnn(-c3cccc(C(=O)O)c3)c2c1. The molecule has 3 rings (SSSR count). The molecule has 1 aromatic heterocycles. The van der Waals surface area contributed by atoms with Gasteiger partial charge in [-0.15, -0.1) is 0 Å². The summed E-state index contributed by atoms with van der Waals surface area (Å²) in [5.41, 5.74) is 4.29. The average molecular weight is 408 g/mol. The highest BCUT2D eigenvalue weighted by atomic mass is 19.4. The Balaban J connectivity index is 2.02. The third-order valence-electron chi connectivity index (χ3n) is 4.61. The molecule has 3 aromatic rings.